The van der Waals surface area contributed by atoms with Crippen LogP contribution in [0, 0.1) is 0 Å². The van der Waals surface area contributed by atoms with Gasteiger partial charge in [-0.2, -0.15) is 0 Å². The summed E-state index contributed by atoms with van der Waals surface area (Å²) in [5, 5.41) is 0. The molecule has 0 aliphatic rings. The van der Waals surface area contributed by atoms with Crippen LogP contribution in [0.2, 0.25) is 0 Å². The smallest absolute Gasteiger partial charge is 0.260 e. The topological polar surface area (TPSA) is 46.3 Å². The Kier molecular flexibility index (Phi) is 4.09. The van der Waals surface area contributed by atoms with Gasteiger partial charge in [0.05, 0.1) is 6.54 Å². The van der Waals surface area contributed by atoms with Crippen LogP contribution in [0.1, 0.15) is 0 Å². The van der Waals surface area contributed by atoms with Crippen LogP contribution in [0.15, 0.2) is 12.7 Å². The number of halogens is 1. The summed E-state index contributed by atoms with van der Waals surface area (Å²) in [6.45, 7) is 3.97. The van der Waals surface area contributed by atoms with Gasteiger partial charge in [0.1, 0.15) is 0 Å². The van der Waals surface area contributed by atoms with E-state index in [9.17, 15) is 4.79 Å². The third-order valence-electron chi connectivity index (χ3n) is 0.739. The molecular formula is C5H9ClN2O. The second-order valence-corrected chi connectivity index (χ2v) is 1.82. The average molecular weight is 149 g/mol. The van der Waals surface area contributed by atoms with Crippen molar-refractivity contribution in [1.82, 2.24) is 4.42 Å². The molecule has 0 aromatic heterocycles. The molecule has 0 aromatic rings. The second kappa shape index (κ2) is 4.35. The van der Waals surface area contributed by atoms with Crippen molar-refractivity contribution in [1.29, 1.82) is 0 Å². The highest BCUT2D eigenvalue weighted by molar-refractivity contribution is 6.22. The van der Waals surface area contributed by atoms with Crippen molar-refractivity contribution >= 4 is 17.7 Å². The molecular weight excluding hydrogens is 140 g/mol. The number of amides is 1. The number of nitrogens with two attached hydrogens (primary N) is 1. The van der Waals surface area contributed by atoms with Crippen LogP contribution in [0.3, 0.4) is 0 Å². The lowest BCUT2D eigenvalue weighted by atomic mass is 10.5. The lowest BCUT2D eigenvalue weighted by Gasteiger charge is -2.07. The zero-order valence-electron chi connectivity index (χ0n) is 5.01. The van der Waals surface area contributed by atoms with Crippen molar-refractivity contribution in [2.45, 2.75) is 0 Å². The minimum Gasteiger partial charge on any atom is -0.329 e. The molecule has 0 atom stereocenters. The van der Waals surface area contributed by atoms with E-state index in [-0.39, 0.29) is 5.91 Å². The lowest BCUT2D eigenvalue weighted by molar-refractivity contribution is -0.121. The molecule has 3 nitrogen and oxygen atoms in total. The highest BCUT2D eigenvalue weighted by atomic mass is 35.5. The predicted octanol–water partition coefficient (Wildman–Crippen LogP) is 0.114. The fourth-order valence-corrected chi connectivity index (χ4v) is 0.489. The SMILES string of the molecule is C=CC(=O)N(Cl)CCN. The molecule has 0 aliphatic carbocycles. The molecule has 0 aromatic carbocycles. The Bertz CT molecular complexity index is 116. The molecule has 4 heteroatoms. The molecule has 0 saturated carbocycles. The summed E-state index contributed by atoms with van der Waals surface area (Å²) in [5.74, 6) is -0.317. The van der Waals surface area contributed by atoms with Crippen molar-refractivity contribution in [3.8, 4) is 0 Å². The molecule has 9 heavy (non-hydrogen) atoms. The maximum Gasteiger partial charge on any atom is 0.260 e. The summed E-state index contributed by atoms with van der Waals surface area (Å²) in [7, 11) is 0. The van der Waals surface area contributed by atoms with Crippen molar-refractivity contribution < 1.29 is 4.79 Å². The first kappa shape index (κ1) is 8.46. The number of hydrogen-bond acceptors (Lipinski definition) is 2. The first-order chi connectivity index (χ1) is 4.22. The molecule has 0 unspecified atom stereocenters. The third-order valence-corrected chi connectivity index (χ3v) is 1.07. The molecule has 0 spiro atoms. The lowest BCUT2D eigenvalue weighted by Crippen LogP contribution is -2.25. The molecule has 0 saturated heterocycles. The molecule has 0 heterocycles. The van der Waals surface area contributed by atoms with Crippen LogP contribution in [0.25, 0.3) is 0 Å². The van der Waals surface area contributed by atoms with Crippen molar-refractivity contribution in [3.05, 3.63) is 12.7 Å². The number of rotatable bonds is 3. The van der Waals surface area contributed by atoms with Crippen molar-refractivity contribution in [2.75, 3.05) is 13.1 Å². The molecule has 0 radical (unpaired) electrons. The fourth-order valence-electron chi connectivity index (χ4n) is 0.323. The van der Waals surface area contributed by atoms with Gasteiger partial charge < -0.3 is 5.73 Å². The standard InChI is InChI=1S/C5H9ClN2O/c1-2-5(9)8(6)4-3-7/h2H,1,3-4,7H2. The summed E-state index contributed by atoms with van der Waals surface area (Å²) in [6, 6.07) is 0. The largest absolute Gasteiger partial charge is 0.329 e. The Hall–Kier alpha value is -0.540. The zero-order valence-corrected chi connectivity index (χ0v) is 5.77. The number of carbonyl (C=O) groups is 1. The second-order valence-electron chi connectivity index (χ2n) is 1.42. The van der Waals surface area contributed by atoms with Gasteiger partial charge in [-0.15, -0.1) is 0 Å². The quantitative estimate of drug-likeness (QED) is 0.456. The molecule has 1 amide bonds. The van der Waals surface area contributed by atoms with E-state index >= 15 is 0 Å². The average Bonchev–Trinajstić information content (AvgIpc) is 1.87. The van der Waals surface area contributed by atoms with E-state index in [2.05, 4.69) is 6.58 Å². The minimum absolute atomic E-state index is 0.317. The van der Waals surface area contributed by atoms with Crippen molar-refractivity contribution in [2.24, 2.45) is 5.73 Å². The van der Waals surface area contributed by atoms with Crippen LogP contribution in [0.5, 0.6) is 0 Å². The molecule has 52 valence electrons. The third kappa shape index (κ3) is 3.11. The summed E-state index contributed by atoms with van der Waals surface area (Å²) < 4.78 is 0.993. The molecule has 0 aliphatic heterocycles. The van der Waals surface area contributed by atoms with Crippen LogP contribution in [-0.4, -0.2) is 23.4 Å². The number of hydrogen-bond donors (Lipinski definition) is 1. The van der Waals surface area contributed by atoms with Gasteiger partial charge in [0.2, 0.25) is 0 Å². The van der Waals surface area contributed by atoms with Crippen LogP contribution in [-0.2, 0) is 4.79 Å². The van der Waals surface area contributed by atoms with E-state index in [1.807, 2.05) is 0 Å². The highest BCUT2D eigenvalue weighted by Crippen LogP contribution is 1.92. The Balaban J connectivity index is 3.58. The van der Waals surface area contributed by atoms with Crippen molar-refractivity contribution in [3.63, 3.8) is 0 Å². The summed E-state index contributed by atoms with van der Waals surface area (Å²) >= 11 is 5.36. The maximum atomic E-state index is 10.5. The Morgan fingerprint density at radius 3 is 2.78 bits per heavy atom. The van der Waals surface area contributed by atoms with Crippen LogP contribution < -0.4 is 5.73 Å². The van der Waals surface area contributed by atoms with E-state index in [1.54, 1.807) is 0 Å². The summed E-state index contributed by atoms with van der Waals surface area (Å²) in [5.41, 5.74) is 5.11. The number of carbonyl (C=O) groups excluding carboxylic acids is 1. The Morgan fingerprint density at radius 2 is 2.44 bits per heavy atom. The Labute approximate surface area is 59.2 Å². The summed E-state index contributed by atoms with van der Waals surface area (Å²) in [6.07, 6.45) is 1.14. The van der Waals surface area contributed by atoms with Gasteiger partial charge in [-0.25, -0.2) is 4.42 Å². The highest BCUT2D eigenvalue weighted by Gasteiger charge is 2.02. The molecule has 0 fully saturated rings. The molecule has 0 bridgehead atoms. The van der Waals surface area contributed by atoms with Crippen LogP contribution in [0.4, 0.5) is 0 Å². The van der Waals surface area contributed by atoms with Crippen LogP contribution >= 0.6 is 11.8 Å². The fraction of sp³-hybridized carbons (Fsp3) is 0.400. The van der Waals surface area contributed by atoms with E-state index in [1.165, 1.54) is 0 Å². The molecule has 0 rings (SSSR count). The van der Waals surface area contributed by atoms with E-state index < -0.39 is 0 Å². The van der Waals surface area contributed by atoms with Gasteiger partial charge in [-0.05, 0) is 6.08 Å². The van der Waals surface area contributed by atoms with Gasteiger partial charge in [0.25, 0.3) is 5.91 Å². The normalized spacial score (nSPS) is 8.67. The first-order valence-corrected chi connectivity index (χ1v) is 2.86. The predicted molar refractivity (Wildman–Crippen MR) is 36.8 cm³/mol. The Morgan fingerprint density at radius 1 is 1.89 bits per heavy atom. The van der Waals surface area contributed by atoms with Gasteiger partial charge >= 0.3 is 0 Å². The van der Waals surface area contributed by atoms with Gasteiger partial charge in [-0.1, -0.05) is 6.58 Å². The molecule has 2 N–H and O–H groups in total. The maximum absolute atomic E-state index is 10.5. The van der Waals surface area contributed by atoms with E-state index in [0.29, 0.717) is 13.1 Å². The first-order valence-electron chi connectivity index (χ1n) is 2.52. The zero-order chi connectivity index (χ0) is 7.28. The minimum atomic E-state index is -0.317. The van der Waals surface area contributed by atoms with E-state index in [4.69, 9.17) is 17.5 Å². The van der Waals surface area contributed by atoms with E-state index in [0.717, 1.165) is 10.5 Å². The van der Waals surface area contributed by atoms with Gasteiger partial charge in [0.15, 0.2) is 0 Å². The number of nitrogens with zero attached hydrogens (tertiary/aromatic N) is 1. The van der Waals surface area contributed by atoms with Gasteiger partial charge in [0, 0.05) is 18.3 Å². The monoisotopic (exact) mass is 148 g/mol. The van der Waals surface area contributed by atoms with Gasteiger partial charge in [-0.3, -0.25) is 4.79 Å². The summed E-state index contributed by atoms with van der Waals surface area (Å²) in [4.78, 5) is 10.5.